The van der Waals surface area contributed by atoms with Crippen molar-refractivity contribution >= 4 is 67.2 Å². The van der Waals surface area contributed by atoms with E-state index in [1.807, 2.05) is 28.7 Å². The standard InChI is InChI=1S/C22H20F4I2O8S/c23-20(24,22(25,26)37(31,32)33)3-4-34-18(30)19-7-10-5-11(8-19)21(12(6-10)9-19)35-14-2-1-13(27)16(28)15(14)17(29)36-21/h1-2,10-12H,3-9H2,(H,31,32,33)/p-1. The molecular formula is C22H19F4I2O8S-. The fourth-order valence-corrected chi connectivity index (χ4v) is 8.04. The Morgan fingerprint density at radius 1 is 1.11 bits per heavy atom. The number of hydrogen-bond acceptors (Lipinski definition) is 8. The van der Waals surface area contributed by atoms with Crippen molar-refractivity contribution in [3.05, 3.63) is 24.8 Å². The van der Waals surface area contributed by atoms with E-state index in [-0.39, 0.29) is 30.6 Å². The molecule has 2 unspecified atom stereocenters. The number of fused-ring (bicyclic) bond motifs is 1. The van der Waals surface area contributed by atoms with E-state index in [0.29, 0.717) is 34.1 Å². The number of hydrogen-bond donors (Lipinski definition) is 0. The Labute approximate surface area is 236 Å². The van der Waals surface area contributed by atoms with E-state index in [0.717, 1.165) is 3.57 Å². The van der Waals surface area contributed by atoms with Gasteiger partial charge >= 0.3 is 23.1 Å². The maximum atomic E-state index is 13.8. The smallest absolute Gasteiger partial charge is 0.396 e. The lowest BCUT2D eigenvalue weighted by atomic mass is 9.47. The van der Waals surface area contributed by atoms with Gasteiger partial charge in [-0.3, -0.25) is 4.79 Å². The van der Waals surface area contributed by atoms with Gasteiger partial charge in [-0.15, -0.1) is 0 Å². The van der Waals surface area contributed by atoms with Crippen LogP contribution in [0.5, 0.6) is 5.75 Å². The monoisotopic (exact) mass is 773 g/mol. The second-order valence-corrected chi connectivity index (χ2v) is 13.8. The molecule has 2 atom stereocenters. The summed E-state index contributed by atoms with van der Waals surface area (Å²) >= 11 is 4.14. The number of carbonyl (C=O) groups is 2. The Morgan fingerprint density at radius 3 is 2.32 bits per heavy atom. The lowest BCUT2D eigenvalue weighted by Gasteiger charge is -2.62. The Kier molecular flexibility index (Phi) is 6.55. The Hall–Kier alpha value is -0.950. The molecular weight excluding hydrogens is 754 g/mol. The van der Waals surface area contributed by atoms with Crippen LogP contribution in [0.15, 0.2) is 12.1 Å². The summed E-state index contributed by atoms with van der Waals surface area (Å²) in [5.41, 5.74) is -0.764. The number of ether oxygens (including phenoxy) is 3. The van der Waals surface area contributed by atoms with Crippen molar-refractivity contribution in [1.29, 1.82) is 0 Å². The van der Waals surface area contributed by atoms with Crippen LogP contribution in [0.25, 0.3) is 0 Å². The first-order valence-corrected chi connectivity index (χ1v) is 14.9. The van der Waals surface area contributed by atoms with Crippen LogP contribution in [0.1, 0.15) is 48.9 Å². The summed E-state index contributed by atoms with van der Waals surface area (Å²) in [5, 5.41) is -5.84. The molecule has 1 heterocycles. The first-order chi connectivity index (χ1) is 17.0. The molecule has 4 saturated carbocycles. The van der Waals surface area contributed by atoms with Gasteiger partial charge in [0, 0.05) is 19.0 Å². The number of alkyl halides is 4. The third kappa shape index (κ3) is 4.15. The fourth-order valence-electron chi connectivity index (χ4n) is 6.46. The van der Waals surface area contributed by atoms with Crippen LogP contribution < -0.4 is 4.74 Å². The minimum atomic E-state index is -6.62. The van der Waals surface area contributed by atoms with E-state index in [2.05, 4.69) is 22.6 Å². The number of rotatable bonds is 6. The molecule has 37 heavy (non-hydrogen) atoms. The maximum absolute atomic E-state index is 13.8. The largest absolute Gasteiger partial charge is 0.743 e. The Morgan fingerprint density at radius 2 is 1.73 bits per heavy atom. The van der Waals surface area contributed by atoms with E-state index in [4.69, 9.17) is 14.2 Å². The second kappa shape index (κ2) is 8.78. The van der Waals surface area contributed by atoms with E-state index in [1.54, 1.807) is 6.07 Å². The van der Waals surface area contributed by atoms with E-state index in [1.165, 1.54) is 0 Å². The summed E-state index contributed by atoms with van der Waals surface area (Å²) in [6.07, 6.45) is 0.160. The molecule has 204 valence electrons. The molecule has 6 rings (SSSR count). The summed E-state index contributed by atoms with van der Waals surface area (Å²) in [6.45, 7) is -1.19. The lowest BCUT2D eigenvalue weighted by molar-refractivity contribution is -0.294. The zero-order valence-corrected chi connectivity index (χ0v) is 23.9. The highest BCUT2D eigenvalue weighted by Gasteiger charge is 2.69. The quantitative estimate of drug-likeness (QED) is 0.177. The molecule has 4 bridgehead atoms. The SMILES string of the molecule is O=C1OC2(Oc3ccc(I)c(I)c31)C1CC3CC2CC(C(=O)OCCC(F)(F)C(F)(F)S(=O)(=O)[O-])(C3)C1. The summed E-state index contributed by atoms with van der Waals surface area (Å²) in [4.78, 5) is 26.1. The minimum absolute atomic E-state index is 0.0626. The van der Waals surface area contributed by atoms with Gasteiger partial charge in [0.2, 0.25) is 0 Å². The predicted molar refractivity (Wildman–Crippen MR) is 132 cm³/mol. The Balaban J connectivity index is 1.32. The van der Waals surface area contributed by atoms with Crippen LogP contribution in [0, 0.1) is 30.3 Å². The highest BCUT2D eigenvalue weighted by molar-refractivity contribution is 14.1. The summed E-state index contributed by atoms with van der Waals surface area (Å²) in [6, 6.07) is 3.52. The highest BCUT2D eigenvalue weighted by Crippen LogP contribution is 2.66. The van der Waals surface area contributed by atoms with Crippen molar-refractivity contribution in [2.75, 3.05) is 6.61 Å². The van der Waals surface area contributed by atoms with Crippen molar-refractivity contribution in [2.24, 2.45) is 23.2 Å². The van der Waals surface area contributed by atoms with Crippen molar-refractivity contribution in [3.63, 3.8) is 0 Å². The topological polar surface area (TPSA) is 119 Å². The van der Waals surface area contributed by atoms with Gasteiger partial charge in [-0.2, -0.15) is 17.6 Å². The first kappa shape index (κ1) is 27.6. The summed E-state index contributed by atoms with van der Waals surface area (Å²) < 4.78 is 105. The normalized spacial score (nSPS) is 32.6. The molecule has 0 N–H and O–H groups in total. The fraction of sp³-hybridized carbons (Fsp3) is 0.636. The second-order valence-electron chi connectivity index (χ2n) is 10.1. The van der Waals surface area contributed by atoms with Gasteiger partial charge in [-0.05, 0) is 95.3 Å². The molecule has 5 aliphatic rings. The van der Waals surface area contributed by atoms with Gasteiger partial charge in [0.25, 0.3) is 5.79 Å². The molecule has 8 nitrogen and oxygen atoms in total. The predicted octanol–water partition coefficient (Wildman–Crippen LogP) is 4.67. The number of benzene rings is 1. The van der Waals surface area contributed by atoms with Crippen molar-refractivity contribution in [1.82, 2.24) is 0 Å². The third-order valence-electron chi connectivity index (χ3n) is 7.93. The lowest BCUT2D eigenvalue weighted by Crippen LogP contribution is -2.67. The van der Waals surface area contributed by atoms with Crippen LogP contribution in [-0.2, 0) is 24.4 Å². The molecule has 0 radical (unpaired) electrons. The molecule has 1 spiro atoms. The third-order valence-corrected chi connectivity index (χ3v) is 11.9. The van der Waals surface area contributed by atoms with Gasteiger partial charge in [0.1, 0.15) is 11.3 Å². The molecule has 1 aromatic carbocycles. The van der Waals surface area contributed by atoms with Crippen LogP contribution >= 0.6 is 45.2 Å². The number of esters is 2. The first-order valence-electron chi connectivity index (χ1n) is 11.3. The van der Waals surface area contributed by atoms with Gasteiger partial charge in [-0.1, -0.05) is 0 Å². The van der Waals surface area contributed by atoms with Crippen LogP contribution in [0.3, 0.4) is 0 Å². The molecule has 1 aliphatic heterocycles. The molecule has 0 amide bonds. The number of halogens is 6. The van der Waals surface area contributed by atoms with E-state index < -0.39 is 57.5 Å². The molecule has 4 aliphatic carbocycles. The van der Waals surface area contributed by atoms with Crippen LogP contribution in [0.2, 0.25) is 0 Å². The zero-order valence-electron chi connectivity index (χ0n) is 18.8. The molecule has 15 heteroatoms. The summed E-state index contributed by atoms with van der Waals surface area (Å²) in [7, 11) is -6.62. The number of carbonyl (C=O) groups excluding carboxylic acids is 2. The zero-order chi connectivity index (χ0) is 27.2. The van der Waals surface area contributed by atoms with Crippen molar-refractivity contribution in [2.45, 2.75) is 55.5 Å². The Bertz CT molecular complexity index is 1270. The van der Waals surface area contributed by atoms with Gasteiger partial charge < -0.3 is 18.8 Å². The van der Waals surface area contributed by atoms with Gasteiger partial charge in [-0.25, -0.2) is 13.2 Å². The van der Waals surface area contributed by atoms with E-state index in [9.17, 15) is 40.1 Å². The highest BCUT2D eigenvalue weighted by atomic mass is 127. The average molecular weight is 773 g/mol. The van der Waals surface area contributed by atoms with Crippen molar-refractivity contribution in [3.8, 4) is 5.75 Å². The van der Waals surface area contributed by atoms with E-state index >= 15 is 0 Å². The molecule has 0 aromatic heterocycles. The average Bonchev–Trinajstić information content (AvgIpc) is 2.78. The van der Waals surface area contributed by atoms with Gasteiger partial charge in [0.05, 0.1) is 18.4 Å². The molecule has 4 fully saturated rings. The minimum Gasteiger partial charge on any atom is -0.743 e. The van der Waals surface area contributed by atoms with Crippen LogP contribution in [-0.4, -0.2) is 48.5 Å². The molecule has 0 saturated heterocycles. The molecule has 1 aromatic rings. The van der Waals surface area contributed by atoms with Gasteiger partial charge in [0.15, 0.2) is 10.1 Å². The van der Waals surface area contributed by atoms with Crippen LogP contribution in [0.4, 0.5) is 17.6 Å². The maximum Gasteiger partial charge on any atom is 0.396 e. The van der Waals surface area contributed by atoms with Crippen molar-refractivity contribution < 1.29 is 54.3 Å². The summed E-state index contributed by atoms with van der Waals surface area (Å²) in [5.74, 6) is -8.19.